The van der Waals surface area contributed by atoms with E-state index in [9.17, 15) is 37.5 Å². The van der Waals surface area contributed by atoms with Crippen LogP contribution in [0.25, 0.3) is 34.2 Å². The Labute approximate surface area is 325 Å². The number of carbonyl (C=O) groups is 4. The molecule has 2 saturated carbocycles. The van der Waals surface area contributed by atoms with Gasteiger partial charge in [0.2, 0.25) is 29.3 Å². The predicted molar refractivity (Wildman–Crippen MR) is 193 cm³/mol. The summed E-state index contributed by atoms with van der Waals surface area (Å²) in [5, 5.41) is 34.2. The third kappa shape index (κ3) is 10.0. The quantitative estimate of drug-likeness (QED) is 0.129. The lowest BCUT2D eigenvalue weighted by atomic mass is 10.1. The first-order valence-electron chi connectivity index (χ1n) is 17.4. The first kappa shape index (κ1) is 40.6. The SMILES string of the molecule is Cc1nc(-c2ccc(C(=O)NC3(C=O)CC3)cc2)no1.Cc1nc(-c2ccc(C(=O)O)cc2)no1.O=C(NC1(CO)CC1)c1ccc(-c2noc(C(F)(F)F)n2)cc1. The fraction of sp³-hybridized carbons (Fsp3) is 0.263. The van der Waals surface area contributed by atoms with E-state index in [-0.39, 0.29) is 29.8 Å². The molecule has 0 spiro atoms. The van der Waals surface area contributed by atoms with Gasteiger partial charge in [-0.2, -0.15) is 28.1 Å². The van der Waals surface area contributed by atoms with Crippen molar-refractivity contribution in [2.45, 2.75) is 56.8 Å². The first-order valence-corrected chi connectivity index (χ1v) is 17.4. The molecule has 20 heteroatoms. The number of carboxylic acids is 1. The highest BCUT2D eigenvalue weighted by molar-refractivity contribution is 5.97. The average Bonchev–Trinajstić information content (AvgIpc) is 3.94. The highest BCUT2D eigenvalue weighted by Crippen LogP contribution is 2.35. The van der Waals surface area contributed by atoms with Gasteiger partial charge in [0.1, 0.15) is 6.29 Å². The minimum atomic E-state index is -4.70. The maximum Gasteiger partial charge on any atom is 0.471 e. The summed E-state index contributed by atoms with van der Waals surface area (Å²) in [7, 11) is 0. The van der Waals surface area contributed by atoms with Crippen LogP contribution in [0.5, 0.6) is 0 Å². The lowest BCUT2D eigenvalue weighted by Gasteiger charge is -2.14. The molecule has 0 radical (unpaired) electrons. The van der Waals surface area contributed by atoms with Gasteiger partial charge < -0.3 is 39.2 Å². The van der Waals surface area contributed by atoms with E-state index in [0.29, 0.717) is 53.0 Å². The highest BCUT2D eigenvalue weighted by atomic mass is 19.4. The largest absolute Gasteiger partial charge is 0.478 e. The molecule has 0 aliphatic heterocycles. The second-order valence-corrected chi connectivity index (χ2v) is 13.4. The molecule has 8 rings (SSSR count). The Hall–Kier alpha value is -7.09. The summed E-state index contributed by atoms with van der Waals surface area (Å²) in [6.07, 6.45) is -1.03. The fourth-order valence-electron chi connectivity index (χ4n) is 5.08. The summed E-state index contributed by atoms with van der Waals surface area (Å²) >= 11 is 0. The summed E-state index contributed by atoms with van der Waals surface area (Å²) < 4.78 is 51.1. The van der Waals surface area contributed by atoms with E-state index < -0.39 is 29.1 Å². The second-order valence-electron chi connectivity index (χ2n) is 13.4. The highest BCUT2D eigenvalue weighted by Gasteiger charge is 2.44. The number of carboxylic acid groups (broad SMARTS) is 1. The van der Waals surface area contributed by atoms with Gasteiger partial charge in [0.25, 0.3) is 11.8 Å². The zero-order valence-corrected chi connectivity index (χ0v) is 30.6. The van der Waals surface area contributed by atoms with Crippen molar-refractivity contribution in [1.29, 1.82) is 0 Å². The van der Waals surface area contributed by atoms with Crippen LogP contribution >= 0.6 is 0 Å². The smallest absolute Gasteiger partial charge is 0.471 e. The molecule has 2 amide bonds. The van der Waals surface area contributed by atoms with Crippen molar-refractivity contribution in [3.63, 3.8) is 0 Å². The Kier molecular flexibility index (Phi) is 11.6. The number of aryl methyl sites for hydroxylation is 2. The number of nitrogens with one attached hydrogen (secondary N) is 2. The molecule has 300 valence electrons. The summed E-state index contributed by atoms with van der Waals surface area (Å²) in [6.45, 7) is 3.29. The number of nitrogens with zero attached hydrogens (tertiary/aromatic N) is 6. The van der Waals surface area contributed by atoms with Crippen molar-refractivity contribution in [1.82, 2.24) is 41.1 Å². The van der Waals surface area contributed by atoms with Gasteiger partial charge in [0.05, 0.1) is 23.2 Å². The number of amides is 2. The van der Waals surface area contributed by atoms with Gasteiger partial charge in [0.15, 0.2) is 0 Å². The van der Waals surface area contributed by atoms with Crippen LogP contribution in [-0.2, 0) is 11.0 Å². The molecule has 17 nitrogen and oxygen atoms in total. The predicted octanol–water partition coefficient (Wildman–Crippen LogP) is 5.26. The van der Waals surface area contributed by atoms with Crippen LogP contribution in [-0.4, -0.2) is 82.4 Å². The van der Waals surface area contributed by atoms with E-state index in [1.807, 2.05) is 0 Å². The fourth-order valence-corrected chi connectivity index (χ4v) is 5.08. The summed E-state index contributed by atoms with van der Waals surface area (Å²) in [4.78, 5) is 56.9. The maximum absolute atomic E-state index is 12.4. The number of benzene rings is 3. The van der Waals surface area contributed by atoms with Gasteiger partial charge in [-0.05, 0) is 62.1 Å². The van der Waals surface area contributed by atoms with Crippen molar-refractivity contribution >= 4 is 24.1 Å². The van der Waals surface area contributed by atoms with Crippen molar-refractivity contribution in [2.75, 3.05) is 6.61 Å². The van der Waals surface area contributed by atoms with Gasteiger partial charge in [-0.15, -0.1) is 0 Å². The first-order chi connectivity index (χ1) is 27.6. The van der Waals surface area contributed by atoms with Crippen LogP contribution in [0.3, 0.4) is 0 Å². The Morgan fingerprint density at radius 1 is 0.672 bits per heavy atom. The van der Waals surface area contributed by atoms with Gasteiger partial charge in [-0.25, -0.2) is 4.79 Å². The summed E-state index contributed by atoms with van der Waals surface area (Å²) in [5.41, 5.74) is 1.69. The Morgan fingerprint density at radius 2 is 1.09 bits per heavy atom. The molecule has 0 unspecified atom stereocenters. The van der Waals surface area contributed by atoms with Crippen LogP contribution in [0.4, 0.5) is 13.2 Å². The van der Waals surface area contributed by atoms with E-state index in [2.05, 4.69) is 45.6 Å². The normalized spacial score (nSPS) is 14.4. The molecule has 4 N–H and O–H groups in total. The van der Waals surface area contributed by atoms with E-state index in [1.165, 1.54) is 36.4 Å². The minimum Gasteiger partial charge on any atom is -0.478 e. The molecule has 0 bridgehead atoms. The van der Waals surface area contributed by atoms with Crippen LogP contribution in [0, 0.1) is 13.8 Å². The average molecular weight is 803 g/mol. The lowest BCUT2D eigenvalue weighted by molar-refractivity contribution is -0.159. The van der Waals surface area contributed by atoms with Crippen molar-refractivity contribution < 1.29 is 56.1 Å². The molecule has 58 heavy (non-hydrogen) atoms. The molecule has 0 saturated heterocycles. The van der Waals surface area contributed by atoms with E-state index in [1.54, 1.807) is 50.2 Å². The Bertz CT molecular complexity index is 2400. The molecular formula is C38H33F3N8O9. The number of aldehydes is 1. The molecule has 0 atom stereocenters. The monoisotopic (exact) mass is 802 g/mol. The number of aliphatic hydroxyl groups excluding tert-OH is 1. The number of carbonyl (C=O) groups excluding carboxylic acids is 3. The van der Waals surface area contributed by atoms with Gasteiger partial charge in [-0.3, -0.25) is 9.59 Å². The van der Waals surface area contributed by atoms with Crippen LogP contribution in [0.15, 0.2) is 86.4 Å². The number of hydrogen-bond donors (Lipinski definition) is 4. The number of aliphatic hydroxyl groups is 1. The summed E-state index contributed by atoms with van der Waals surface area (Å²) in [5.74, 6) is -1.27. The molecule has 3 aromatic heterocycles. The van der Waals surface area contributed by atoms with E-state index in [0.717, 1.165) is 30.3 Å². The Balaban J connectivity index is 0.000000150. The second kappa shape index (κ2) is 16.6. The van der Waals surface area contributed by atoms with Crippen LogP contribution in [0.1, 0.15) is 74.4 Å². The zero-order valence-electron chi connectivity index (χ0n) is 30.6. The van der Waals surface area contributed by atoms with Crippen LogP contribution < -0.4 is 10.6 Å². The molecule has 2 aliphatic carbocycles. The molecule has 3 heterocycles. The van der Waals surface area contributed by atoms with E-state index in [4.69, 9.17) is 14.2 Å². The third-order valence-corrected chi connectivity index (χ3v) is 8.84. The molecule has 2 aliphatic rings. The molecular weight excluding hydrogens is 769 g/mol. The number of aromatic nitrogens is 6. The zero-order chi connectivity index (χ0) is 41.7. The number of aromatic carboxylic acids is 1. The molecule has 6 aromatic rings. The standard InChI is InChI=1S/C14H12F3N3O3.C14H13N3O3.C10H8N2O3/c15-14(16,17)12-18-10(20-23-12)8-1-3-9(4-2-8)11(22)19-13(7-21)5-6-13;1-9-15-12(17-20-9)10-2-4-11(5-3-10)13(19)16-14(8-18)6-7-14;1-6-11-9(12-15-6)7-2-4-8(5-3-7)10(13)14/h1-4,21H,5-7H2,(H,19,22);2-5,8H,6-7H2,1H3,(H,16,19);2-5H,1H3,(H,13,14). The third-order valence-electron chi connectivity index (χ3n) is 8.84. The summed E-state index contributed by atoms with van der Waals surface area (Å²) in [6, 6.07) is 18.9. The number of hydrogen-bond acceptors (Lipinski definition) is 14. The molecule has 2 fully saturated rings. The van der Waals surface area contributed by atoms with Gasteiger partial charge in [0, 0.05) is 41.7 Å². The van der Waals surface area contributed by atoms with Crippen molar-refractivity contribution in [3.8, 4) is 34.2 Å². The number of alkyl halides is 3. The van der Waals surface area contributed by atoms with Gasteiger partial charge in [-0.1, -0.05) is 51.9 Å². The number of rotatable bonds is 10. The minimum absolute atomic E-state index is 0.125. The molecule has 3 aromatic carbocycles. The lowest BCUT2D eigenvalue weighted by Crippen LogP contribution is -2.39. The number of halogens is 3. The van der Waals surface area contributed by atoms with Crippen molar-refractivity contribution in [3.05, 3.63) is 107 Å². The van der Waals surface area contributed by atoms with Gasteiger partial charge >= 0.3 is 18.0 Å². The van der Waals surface area contributed by atoms with Crippen LogP contribution in [0.2, 0.25) is 0 Å². The maximum atomic E-state index is 12.4. The topological polar surface area (TPSA) is 250 Å². The van der Waals surface area contributed by atoms with E-state index >= 15 is 0 Å². The Morgan fingerprint density at radius 3 is 1.41 bits per heavy atom. The van der Waals surface area contributed by atoms with Crippen molar-refractivity contribution in [2.24, 2.45) is 0 Å².